The fraction of sp³-hybridized carbons (Fsp3) is 0.267. The summed E-state index contributed by atoms with van der Waals surface area (Å²) in [5.74, 6) is -0.141. The molecule has 3 rings (SSSR count). The third kappa shape index (κ3) is 2.57. The Hall–Kier alpha value is -2.34. The smallest absolute Gasteiger partial charge is 0.255 e. The van der Waals surface area contributed by atoms with Gasteiger partial charge < -0.3 is 9.72 Å². The molecule has 0 bridgehead atoms. The molecule has 0 atom stereocenters. The number of pyridine rings is 1. The Labute approximate surface area is 132 Å². The van der Waals surface area contributed by atoms with Crippen LogP contribution in [0.2, 0.25) is 5.02 Å². The molecule has 0 saturated heterocycles. The summed E-state index contributed by atoms with van der Waals surface area (Å²) < 4.78 is 3.54. The summed E-state index contributed by atoms with van der Waals surface area (Å²) in [6.45, 7) is 4.06. The van der Waals surface area contributed by atoms with Crippen molar-refractivity contribution >= 4 is 23.2 Å². The summed E-state index contributed by atoms with van der Waals surface area (Å²) in [6.07, 6.45) is 3.63. The van der Waals surface area contributed by atoms with Gasteiger partial charge in [0.25, 0.3) is 5.91 Å². The Morgan fingerprint density at radius 2 is 2.09 bits per heavy atom. The summed E-state index contributed by atoms with van der Waals surface area (Å²) in [7, 11) is 1.82. The van der Waals surface area contributed by atoms with Gasteiger partial charge in [0.15, 0.2) is 0 Å². The van der Waals surface area contributed by atoms with Crippen LogP contribution in [0.3, 0.4) is 0 Å². The average Bonchev–Trinajstić information content (AvgIpc) is 2.97. The summed E-state index contributed by atoms with van der Waals surface area (Å²) >= 11 is 5.95. The Morgan fingerprint density at radius 1 is 1.32 bits per heavy atom. The van der Waals surface area contributed by atoms with Gasteiger partial charge in [-0.05, 0) is 26.0 Å². The fourth-order valence-corrected chi connectivity index (χ4v) is 2.63. The minimum absolute atomic E-state index is 0.141. The third-order valence-corrected chi connectivity index (χ3v) is 3.85. The van der Waals surface area contributed by atoms with Crippen molar-refractivity contribution in [2.24, 2.45) is 7.05 Å². The summed E-state index contributed by atoms with van der Waals surface area (Å²) in [6, 6.07) is 3.62. The van der Waals surface area contributed by atoms with Crippen LogP contribution in [0.25, 0.3) is 5.65 Å². The molecule has 0 aromatic carbocycles. The van der Waals surface area contributed by atoms with Crippen molar-refractivity contribution in [2.45, 2.75) is 20.4 Å². The van der Waals surface area contributed by atoms with Gasteiger partial charge in [-0.15, -0.1) is 0 Å². The van der Waals surface area contributed by atoms with E-state index >= 15 is 0 Å². The number of carbonyl (C=O) groups excluding carboxylic acids is 1. The molecule has 22 heavy (non-hydrogen) atoms. The number of halogens is 1. The highest BCUT2D eigenvalue weighted by Crippen LogP contribution is 2.13. The molecule has 0 aliphatic rings. The first-order valence-electron chi connectivity index (χ1n) is 6.87. The number of nitrogens with one attached hydrogen (secondary N) is 1. The van der Waals surface area contributed by atoms with E-state index in [0.717, 1.165) is 22.7 Å². The van der Waals surface area contributed by atoms with Gasteiger partial charge in [0.2, 0.25) is 0 Å². The highest BCUT2D eigenvalue weighted by atomic mass is 35.5. The first-order valence-corrected chi connectivity index (χ1v) is 7.25. The SMILES string of the molecule is Cc1nn(C)c(C)c1C(=O)NCc1cn2cc(Cl)ccc2n1. The second-order valence-electron chi connectivity index (χ2n) is 5.20. The highest BCUT2D eigenvalue weighted by Gasteiger charge is 2.17. The van der Waals surface area contributed by atoms with E-state index in [1.165, 1.54) is 0 Å². The Balaban J connectivity index is 1.77. The molecule has 0 aliphatic carbocycles. The van der Waals surface area contributed by atoms with Crippen molar-refractivity contribution in [3.63, 3.8) is 0 Å². The molecule has 6 nitrogen and oxygen atoms in total. The van der Waals surface area contributed by atoms with Gasteiger partial charge in [-0.25, -0.2) is 4.98 Å². The van der Waals surface area contributed by atoms with E-state index in [4.69, 9.17) is 11.6 Å². The van der Waals surface area contributed by atoms with Gasteiger partial charge in [0, 0.05) is 25.1 Å². The van der Waals surface area contributed by atoms with E-state index in [-0.39, 0.29) is 5.91 Å². The van der Waals surface area contributed by atoms with Crippen LogP contribution >= 0.6 is 11.6 Å². The van der Waals surface area contributed by atoms with Crippen molar-refractivity contribution in [1.82, 2.24) is 24.5 Å². The lowest BCUT2D eigenvalue weighted by molar-refractivity contribution is 0.0949. The quantitative estimate of drug-likeness (QED) is 0.806. The van der Waals surface area contributed by atoms with Crippen molar-refractivity contribution in [2.75, 3.05) is 0 Å². The van der Waals surface area contributed by atoms with Crippen molar-refractivity contribution in [1.29, 1.82) is 0 Å². The predicted molar refractivity (Wildman–Crippen MR) is 84.1 cm³/mol. The maximum absolute atomic E-state index is 12.3. The van der Waals surface area contributed by atoms with Crippen LogP contribution in [0.1, 0.15) is 27.4 Å². The number of hydrogen-bond donors (Lipinski definition) is 1. The second-order valence-corrected chi connectivity index (χ2v) is 5.63. The first-order chi connectivity index (χ1) is 10.5. The molecule has 0 fully saturated rings. The maximum atomic E-state index is 12.3. The largest absolute Gasteiger partial charge is 0.346 e. The first kappa shape index (κ1) is 14.6. The van der Waals surface area contributed by atoms with Crippen LogP contribution in [0.5, 0.6) is 0 Å². The molecule has 3 aromatic rings. The molecule has 0 spiro atoms. The summed E-state index contributed by atoms with van der Waals surface area (Å²) in [5, 5.41) is 7.78. The number of hydrogen-bond acceptors (Lipinski definition) is 3. The number of fused-ring (bicyclic) bond motifs is 1. The highest BCUT2D eigenvalue weighted by molar-refractivity contribution is 6.30. The number of carbonyl (C=O) groups is 1. The number of aryl methyl sites for hydroxylation is 2. The molecule has 7 heteroatoms. The topological polar surface area (TPSA) is 64.2 Å². The van der Waals surface area contributed by atoms with Crippen molar-refractivity contribution in [3.8, 4) is 0 Å². The number of nitrogens with zero attached hydrogens (tertiary/aromatic N) is 4. The van der Waals surface area contributed by atoms with E-state index in [2.05, 4.69) is 15.4 Å². The Morgan fingerprint density at radius 3 is 2.77 bits per heavy atom. The summed E-state index contributed by atoms with van der Waals surface area (Å²) in [5.41, 5.74) is 3.75. The molecule has 3 heterocycles. The molecule has 0 aliphatic heterocycles. The zero-order valence-electron chi connectivity index (χ0n) is 12.6. The van der Waals surface area contributed by atoms with E-state index in [1.807, 2.05) is 37.6 Å². The van der Waals surface area contributed by atoms with E-state index in [0.29, 0.717) is 17.1 Å². The molecule has 1 N–H and O–H groups in total. The Bertz CT molecular complexity index is 864. The molecule has 0 radical (unpaired) electrons. The minimum atomic E-state index is -0.141. The number of aromatic nitrogens is 4. The van der Waals surface area contributed by atoms with Gasteiger partial charge in [0.1, 0.15) is 5.65 Å². The lowest BCUT2D eigenvalue weighted by Gasteiger charge is -2.03. The third-order valence-electron chi connectivity index (χ3n) is 3.63. The second kappa shape index (κ2) is 5.46. The van der Waals surface area contributed by atoms with Gasteiger partial charge >= 0.3 is 0 Å². The molecule has 1 amide bonds. The zero-order chi connectivity index (χ0) is 15.9. The predicted octanol–water partition coefficient (Wildman–Crippen LogP) is 2.27. The van der Waals surface area contributed by atoms with Crippen LogP contribution < -0.4 is 5.32 Å². The maximum Gasteiger partial charge on any atom is 0.255 e. The average molecular weight is 318 g/mol. The molecule has 114 valence electrons. The fourth-order valence-electron chi connectivity index (χ4n) is 2.46. The monoisotopic (exact) mass is 317 g/mol. The Kier molecular flexibility index (Phi) is 3.62. The lowest BCUT2D eigenvalue weighted by atomic mass is 10.2. The van der Waals surface area contributed by atoms with Crippen LogP contribution in [0, 0.1) is 13.8 Å². The zero-order valence-corrected chi connectivity index (χ0v) is 13.3. The number of imidazole rings is 1. The normalized spacial score (nSPS) is 11.1. The molecule has 3 aromatic heterocycles. The van der Waals surface area contributed by atoms with Gasteiger partial charge in [0.05, 0.1) is 28.5 Å². The minimum Gasteiger partial charge on any atom is -0.346 e. The number of amides is 1. The van der Waals surface area contributed by atoms with Crippen LogP contribution in [0.15, 0.2) is 24.5 Å². The molecular weight excluding hydrogens is 302 g/mol. The standard InChI is InChI=1S/C15H16ClN5O/c1-9-14(10(2)20(3)19-9)15(22)17-6-12-8-21-7-11(16)4-5-13(21)18-12/h4-5,7-8H,6H2,1-3H3,(H,17,22). The summed E-state index contributed by atoms with van der Waals surface area (Å²) in [4.78, 5) is 16.8. The van der Waals surface area contributed by atoms with E-state index in [9.17, 15) is 4.79 Å². The lowest BCUT2D eigenvalue weighted by Crippen LogP contribution is -2.24. The van der Waals surface area contributed by atoms with Crippen LogP contribution in [-0.2, 0) is 13.6 Å². The molecular formula is C15H16ClN5O. The van der Waals surface area contributed by atoms with Crippen LogP contribution in [0.4, 0.5) is 0 Å². The van der Waals surface area contributed by atoms with Crippen molar-refractivity contribution in [3.05, 3.63) is 52.2 Å². The van der Waals surface area contributed by atoms with Gasteiger partial charge in [-0.1, -0.05) is 11.6 Å². The van der Waals surface area contributed by atoms with E-state index in [1.54, 1.807) is 16.9 Å². The van der Waals surface area contributed by atoms with Crippen LogP contribution in [-0.4, -0.2) is 25.1 Å². The molecule has 0 saturated carbocycles. The van der Waals surface area contributed by atoms with Gasteiger partial charge in [-0.2, -0.15) is 5.10 Å². The number of rotatable bonds is 3. The van der Waals surface area contributed by atoms with E-state index < -0.39 is 0 Å². The van der Waals surface area contributed by atoms with Crippen molar-refractivity contribution < 1.29 is 4.79 Å². The van der Waals surface area contributed by atoms with Gasteiger partial charge in [-0.3, -0.25) is 9.48 Å². The molecule has 0 unspecified atom stereocenters.